The Labute approximate surface area is 159 Å². The normalized spacial score (nSPS) is 11.7. The molecule has 0 unspecified atom stereocenters. The molecular formula is C14H28N4O4S2Si. The van der Waals surface area contributed by atoms with E-state index in [1.54, 1.807) is 0 Å². The Morgan fingerprint density at radius 3 is 2.20 bits per heavy atom. The lowest BCUT2D eigenvalue weighted by molar-refractivity contribution is 0.0708. The van der Waals surface area contributed by atoms with Gasteiger partial charge in [-0.05, 0) is 39.7 Å². The van der Waals surface area contributed by atoms with Crippen molar-refractivity contribution in [1.29, 1.82) is 0 Å². The molecule has 1 aromatic heterocycles. The molecule has 25 heavy (non-hydrogen) atoms. The van der Waals surface area contributed by atoms with Crippen molar-refractivity contribution in [3.05, 3.63) is 0 Å². The van der Waals surface area contributed by atoms with Crippen molar-refractivity contribution in [2.45, 2.75) is 43.5 Å². The molecule has 8 nitrogen and oxygen atoms in total. The molecule has 144 valence electrons. The van der Waals surface area contributed by atoms with E-state index in [0.29, 0.717) is 49.1 Å². The molecule has 11 heteroatoms. The number of nitrogens with zero attached hydrogens (tertiary/aromatic N) is 3. The number of amides is 1. The summed E-state index contributed by atoms with van der Waals surface area (Å²) in [5.41, 5.74) is 0. The van der Waals surface area contributed by atoms with Crippen molar-refractivity contribution >= 4 is 38.4 Å². The molecule has 1 N–H and O–H groups in total. The minimum Gasteiger partial charge on any atom is -0.374 e. The molecule has 0 fully saturated rings. The van der Waals surface area contributed by atoms with Crippen molar-refractivity contribution in [2.24, 2.45) is 0 Å². The summed E-state index contributed by atoms with van der Waals surface area (Å²) in [6.45, 7) is 7.92. The lowest BCUT2D eigenvalue weighted by Gasteiger charge is -2.28. The van der Waals surface area contributed by atoms with Gasteiger partial charge < -0.3 is 18.6 Å². The number of hydrogen-bond acceptors (Lipinski definition) is 8. The second kappa shape index (κ2) is 11.9. The summed E-state index contributed by atoms with van der Waals surface area (Å²) in [4.78, 5) is 16.6. The number of carbonyl (C=O) groups excluding carboxylic acids is 1. The molecule has 1 amide bonds. The average molecular weight is 409 g/mol. The molecule has 0 aliphatic rings. The van der Waals surface area contributed by atoms with Gasteiger partial charge in [-0.15, -0.1) is 5.10 Å². The van der Waals surface area contributed by atoms with Crippen molar-refractivity contribution < 1.29 is 18.1 Å². The third-order valence-corrected chi connectivity index (χ3v) is 7.46. The summed E-state index contributed by atoms with van der Waals surface area (Å²) >= 11 is 2.79. The van der Waals surface area contributed by atoms with Crippen LogP contribution in [0.2, 0.25) is 6.04 Å². The van der Waals surface area contributed by atoms with E-state index in [9.17, 15) is 4.79 Å². The average Bonchev–Trinajstić information content (AvgIpc) is 3.03. The Kier molecular flexibility index (Phi) is 10.7. The van der Waals surface area contributed by atoms with E-state index >= 15 is 0 Å². The highest BCUT2D eigenvalue weighted by atomic mass is 32.2. The monoisotopic (exact) mass is 408 g/mol. The van der Waals surface area contributed by atoms with Crippen LogP contribution in [0.1, 0.15) is 27.2 Å². The molecular weight excluding hydrogens is 380 g/mol. The van der Waals surface area contributed by atoms with Gasteiger partial charge in [-0.3, -0.25) is 0 Å². The second-order valence-electron chi connectivity index (χ2n) is 4.81. The van der Waals surface area contributed by atoms with Gasteiger partial charge in [0, 0.05) is 32.4 Å². The number of carbonyl (C=O) groups is 1. The smallest absolute Gasteiger partial charge is 0.374 e. The molecule has 0 radical (unpaired) electrons. The van der Waals surface area contributed by atoms with Crippen LogP contribution in [0.15, 0.2) is 10.3 Å². The lowest BCUT2D eigenvalue weighted by Crippen LogP contribution is -2.46. The Hall–Kier alpha value is -0.593. The summed E-state index contributed by atoms with van der Waals surface area (Å²) in [5.74, 6) is 0. The fourth-order valence-electron chi connectivity index (χ4n) is 2.21. The third kappa shape index (κ3) is 6.91. The Morgan fingerprint density at radius 2 is 1.72 bits per heavy atom. The molecule has 1 heterocycles. The Morgan fingerprint density at radius 1 is 1.12 bits per heavy atom. The second-order valence-corrected chi connectivity index (χ2v) is 9.09. The summed E-state index contributed by atoms with van der Waals surface area (Å²) in [7, 11) is -2.66. The van der Waals surface area contributed by atoms with Gasteiger partial charge in [-0.2, -0.15) is 9.67 Å². The predicted octanol–water partition coefficient (Wildman–Crippen LogP) is 2.72. The number of thioether (sulfide) groups is 2. The van der Waals surface area contributed by atoms with Gasteiger partial charge in [0.15, 0.2) is 5.16 Å². The number of rotatable bonds is 12. The molecule has 0 saturated heterocycles. The van der Waals surface area contributed by atoms with Crippen LogP contribution in [0.3, 0.4) is 0 Å². The van der Waals surface area contributed by atoms with Gasteiger partial charge in [-0.1, -0.05) is 23.5 Å². The third-order valence-electron chi connectivity index (χ3n) is 3.14. The highest BCUT2D eigenvalue weighted by Crippen LogP contribution is 2.18. The van der Waals surface area contributed by atoms with Crippen LogP contribution >= 0.6 is 23.5 Å². The molecule has 0 atom stereocenters. The number of aromatic nitrogens is 3. The predicted molar refractivity (Wildman–Crippen MR) is 102 cm³/mol. The molecule has 1 rings (SSSR count). The van der Waals surface area contributed by atoms with Crippen molar-refractivity contribution in [3.63, 3.8) is 0 Å². The molecule has 1 aromatic rings. The van der Waals surface area contributed by atoms with E-state index in [2.05, 4.69) is 15.4 Å². The van der Waals surface area contributed by atoms with Crippen LogP contribution in [0.5, 0.6) is 0 Å². The first-order valence-electron chi connectivity index (χ1n) is 8.30. The van der Waals surface area contributed by atoms with Gasteiger partial charge >= 0.3 is 14.8 Å². The molecule has 0 aliphatic heterocycles. The van der Waals surface area contributed by atoms with E-state index in [4.69, 9.17) is 13.3 Å². The summed E-state index contributed by atoms with van der Waals surface area (Å²) < 4.78 is 18.7. The topological polar surface area (TPSA) is 87.5 Å². The molecule has 0 bridgehead atoms. The molecule has 0 aromatic carbocycles. The summed E-state index contributed by atoms with van der Waals surface area (Å²) in [6, 6.07) is 0.375. The molecule has 0 spiro atoms. The van der Waals surface area contributed by atoms with Crippen molar-refractivity contribution in [1.82, 2.24) is 20.1 Å². The molecule has 0 saturated carbocycles. The quantitative estimate of drug-likeness (QED) is 0.321. The first-order chi connectivity index (χ1) is 12.1. The molecule has 0 aliphatic carbocycles. The van der Waals surface area contributed by atoms with Crippen LogP contribution in [-0.2, 0) is 13.3 Å². The summed E-state index contributed by atoms with van der Waals surface area (Å²) in [6.07, 6.45) is 4.45. The van der Waals surface area contributed by atoms with E-state index in [0.717, 1.165) is 0 Å². The van der Waals surface area contributed by atoms with Crippen LogP contribution in [0, 0.1) is 0 Å². The Bertz CT molecular complexity index is 516. The number of hydrogen-bond donors (Lipinski definition) is 1. The first kappa shape index (κ1) is 22.4. The fourth-order valence-corrected chi connectivity index (χ4v) is 5.69. The van der Waals surface area contributed by atoms with E-state index < -0.39 is 8.80 Å². The van der Waals surface area contributed by atoms with Crippen molar-refractivity contribution in [2.75, 3.05) is 38.9 Å². The van der Waals surface area contributed by atoms with Gasteiger partial charge in [0.25, 0.3) is 0 Å². The Balaban J connectivity index is 2.57. The van der Waals surface area contributed by atoms with E-state index in [1.807, 2.05) is 33.3 Å². The van der Waals surface area contributed by atoms with Crippen LogP contribution in [0.4, 0.5) is 4.79 Å². The minimum atomic E-state index is -2.66. The zero-order valence-electron chi connectivity index (χ0n) is 15.5. The van der Waals surface area contributed by atoms with Gasteiger partial charge in [0.05, 0.1) is 0 Å². The van der Waals surface area contributed by atoms with E-state index in [-0.39, 0.29) is 6.03 Å². The summed E-state index contributed by atoms with van der Waals surface area (Å²) in [5, 5.41) is 8.20. The maximum Gasteiger partial charge on any atom is 0.500 e. The van der Waals surface area contributed by atoms with Gasteiger partial charge in [0.1, 0.15) is 0 Å². The maximum atomic E-state index is 12.3. The SMILES string of the molecule is CCO[Si](CCCNC(=O)n1nc(SC)nc1SC)(OCC)OCC. The zero-order valence-corrected chi connectivity index (χ0v) is 18.2. The van der Waals surface area contributed by atoms with Crippen LogP contribution in [0.25, 0.3) is 0 Å². The standard InChI is InChI=1S/C14H28N4O4S2Si/c1-6-20-25(21-7-2,22-8-3)11-9-10-15-13(19)18-14(24-5)16-12(17-18)23-4/h6-11H2,1-5H3,(H,15,19). The van der Waals surface area contributed by atoms with Crippen LogP contribution in [-0.4, -0.2) is 68.5 Å². The maximum absolute atomic E-state index is 12.3. The largest absolute Gasteiger partial charge is 0.500 e. The zero-order chi connectivity index (χ0) is 18.7. The highest BCUT2D eigenvalue weighted by molar-refractivity contribution is 7.99. The van der Waals surface area contributed by atoms with Crippen molar-refractivity contribution in [3.8, 4) is 0 Å². The highest BCUT2D eigenvalue weighted by Gasteiger charge is 2.39. The lowest BCUT2D eigenvalue weighted by atomic mass is 10.5. The fraction of sp³-hybridized carbons (Fsp3) is 0.786. The van der Waals surface area contributed by atoms with Gasteiger partial charge in [-0.25, -0.2) is 4.79 Å². The first-order valence-corrected chi connectivity index (χ1v) is 12.7. The van der Waals surface area contributed by atoms with E-state index in [1.165, 1.54) is 28.2 Å². The van der Waals surface area contributed by atoms with Gasteiger partial charge in [0.2, 0.25) is 5.16 Å². The minimum absolute atomic E-state index is 0.284. The van der Waals surface area contributed by atoms with Crippen LogP contribution < -0.4 is 5.32 Å². The number of nitrogens with one attached hydrogen (secondary N) is 1.